The fourth-order valence-corrected chi connectivity index (χ4v) is 1.14. The number of hydrogen-bond donors (Lipinski definition) is 2. The van der Waals surface area contributed by atoms with E-state index in [4.69, 9.17) is 10.6 Å². The van der Waals surface area contributed by atoms with Crippen LogP contribution in [-0.4, -0.2) is 44.2 Å². The van der Waals surface area contributed by atoms with Crippen LogP contribution < -0.4 is 11.3 Å². The highest BCUT2D eigenvalue weighted by molar-refractivity contribution is 5.79. The molecule has 1 saturated carbocycles. The first-order chi connectivity index (χ1) is 6.29. The molecule has 0 heterocycles. The molecule has 0 atom stereocenters. The number of hydrazine groups is 1. The van der Waals surface area contributed by atoms with Crippen molar-refractivity contribution in [3.05, 3.63) is 0 Å². The molecular weight excluding hydrogens is 168 g/mol. The lowest BCUT2D eigenvalue weighted by molar-refractivity contribution is 0.207. The van der Waals surface area contributed by atoms with Crippen LogP contribution in [0.3, 0.4) is 0 Å². The van der Waals surface area contributed by atoms with E-state index in [9.17, 15) is 0 Å². The third-order valence-corrected chi connectivity index (χ3v) is 2.11. The molecule has 76 valence electrons. The fraction of sp³-hybridized carbons (Fsp3) is 0.875. The minimum absolute atomic E-state index is 0.623. The smallest absolute Gasteiger partial charge is 0.208 e. The summed E-state index contributed by atoms with van der Waals surface area (Å²) in [6.45, 7) is 1.27. The van der Waals surface area contributed by atoms with Gasteiger partial charge in [-0.2, -0.15) is 0 Å². The Morgan fingerprint density at radius 1 is 1.69 bits per heavy atom. The predicted octanol–water partition coefficient (Wildman–Crippen LogP) is -0.454. The van der Waals surface area contributed by atoms with Crippen LogP contribution in [0.4, 0.5) is 0 Å². The molecule has 0 aromatic carbocycles. The van der Waals surface area contributed by atoms with E-state index in [0.717, 1.165) is 5.96 Å². The second kappa shape index (κ2) is 5.04. The number of nitrogens with one attached hydrogen (secondary N) is 1. The van der Waals surface area contributed by atoms with E-state index in [2.05, 4.69) is 15.3 Å². The number of aliphatic imine (C=N–C) groups is 1. The lowest BCUT2D eigenvalue weighted by Crippen LogP contribution is -2.44. The van der Waals surface area contributed by atoms with Gasteiger partial charge >= 0.3 is 0 Å². The van der Waals surface area contributed by atoms with E-state index in [-0.39, 0.29) is 0 Å². The van der Waals surface area contributed by atoms with Crippen LogP contribution in [0.2, 0.25) is 0 Å². The quantitative estimate of drug-likeness (QED) is 0.205. The van der Waals surface area contributed by atoms with Crippen molar-refractivity contribution in [2.24, 2.45) is 10.8 Å². The third kappa shape index (κ3) is 3.20. The fourth-order valence-electron chi connectivity index (χ4n) is 1.14. The van der Waals surface area contributed by atoms with Crippen LogP contribution in [-0.2, 0) is 4.74 Å². The molecule has 0 aromatic rings. The highest BCUT2D eigenvalue weighted by Gasteiger charge is 2.27. The molecule has 0 saturated heterocycles. The number of guanidine groups is 1. The maximum atomic E-state index is 5.36. The van der Waals surface area contributed by atoms with Crippen LogP contribution in [0.25, 0.3) is 0 Å². The SMILES string of the molecule is COCCN=C(NN)N(C)C1CC1. The maximum Gasteiger partial charge on any atom is 0.208 e. The van der Waals surface area contributed by atoms with Gasteiger partial charge < -0.3 is 9.64 Å². The summed E-state index contributed by atoms with van der Waals surface area (Å²) in [7, 11) is 3.67. The van der Waals surface area contributed by atoms with Gasteiger partial charge in [-0.05, 0) is 12.8 Å². The standard InChI is InChI=1S/C8H18N4O/c1-12(7-3-4-7)8(11-9)10-5-6-13-2/h7H,3-6,9H2,1-2H3,(H,10,11). The van der Waals surface area contributed by atoms with Crippen LogP contribution in [0.1, 0.15) is 12.8 Å². The summed E-state index contributed by atoms with van der Waals surface area (Å²) in [4.78, 5) is 6.35. The predicted molar refractivity (Wildman–Crippen MR) is 52.3 cm³/mol. The summed E-state index contributed by atoms with van der Waals surface area (Å²) >= 11 is 0. The first-order valence-electron chi connectivity index (χ1n) is 4.52. The Balaban J connectivity index is 2.34. The molecule has 5 nitrogen and oxygen atoms in total. The number of ether oxygens (including phenoxy) is 1. The van der Waals surface area contributed by atoms with Gasteiger partial charge in [-0.25, -0.2) is 10.8 Å². The zero-order valence-corrected chi connectivity index (χ0v) is 8.29. The number of methoxy groups -OCH3 is 1. The zero-order chi connectivity index (χ0) is 9.68. The molecule has 1 aliphatic carbocycles. The van der Waals surface area contributed by atoms with Crippen molar-refractivity contribution in [3.63, 3.8) is 0 Å². The monoisotopic (exact) mass is 186 g/mol. The lowest BCUT2D eigenvalue weighted by atomic mass is 10.6. The second-order valence-electron chi connectivity index (χ2n) is 3.18. The number of hydrogen-bond acceptors (Lipinski definition) is 3. The highest BCUT2D eigenvalue weighted by Crippen LogP contribution is 2.24. The molecule has 3 N–H and O–H groups in total. The van der Waals surface area contributed by atoms with E-state index >= 15 is 0 Å². The van der Waals surface area contributed by atoms with Crippen molar-refractivity contribution in [2.45, 2.75) is 18.9 Å². The van der Waals surface area contributed by atoms with Crippen molar-refractivity contribution in [1.82, 2.24) is 10.3 Å². The molecule has 1 aliphatic rings. The van der Waals surface area contributed by atoms with E-state index in [1.54, 1.807) is 7.11 Å². The summed E-state index contributed by atoms with van der Waals surface area (Å²) < 4.78 is 4.90. The number of nitrogens with two attached hydrogens (primary N) is 1. The molecule has 5 heteroatoms. The van der Waals surface area contributed by atoms with Gasteiger partial charge in [0.1, 0.15) is 0 Å². The summed E-state index contributed by atoms with van der Waals surface area (Å²) in [6.07, 6.45) is 2.48. The summed E-state index contributed by atoms with van der Waals surface area (Å²) in [6, 6.07) is 0.623. The average molecular weight is 186 g/mol. The van der Waals surface area contributed by atoms with Crippen LogP contribution in [0.15, 0.2) is 4.99 Å². The molecule has 0 radical (unpaired) electrons. The normalized spacial score (nSPS) is 17.3. The van der Waals surface area contributed by atoms with Gasteiger partial charge in [0.05, 0.1) is 13.2 Å². The van der Waals surface area contributed by atoms with Crippen molar-refractivity contribution < 1.29 is 4.74 Å². The maximum absolute atomic E-state index is 5.36. The number of rotatable bonds is 4. The van der Waals surface area contributed by atoms with Crippen LogP contribution >= 0.6 is 0 Å². The van der Waals surface area contributed by atoms with Crippen molar-refractivity contribution in [3.8, 4) is 0 Å². The van der Waals surface area contributed by atoms with Crippen LogP contribution in [0.5, 0.6) is 0 Å². The van der Waals surface area contributed by atoms with Crippen LogP contribution in [0, 0.1) is 0 Å². The topological polar surface area (TPSA) is 62.9 Å². The first kappa shape index (κ1) is 10.3. The minimum atomic E-state index is 0.623. The largest absolute Gasteiger partial charge is 0.383 e. The minimum Gasteiger partial charge on any atom is -0.383 e. The molecule has 0 bridgehead atoms. The third-order valence-electron chi connectivity index (χ3n) is 2.11. The van der Waals surface area contributed by atoms with E-state index < -0.39 is 0 Å². The van der Waals surface area contributed by atoms with Gasteiger partial charge in [0.15, 0.2) is 0 Å². The van der Waals surface area contributed by atoms with Gasteiger partial charge in [-0.15, -0.1) is 0 Å². The molecule has 1 fully saturated rings. The molecule has 13 heavy (non-hydrogen) atoms. The molecule has 1 rings (SSSR count). The highest BCUT2D eigenvalue weighted by atomic mass is 16.5. The van der Waals surface area contributed by atoms with Crippen molar-refractivity contribution in [2.75, 3.05) is 27.3 Å². The Bertz CT molecular complexity index is 179. The molecule has 0 unspecified atom stereocenters. The Labute approximate surface area is 78.9 Å². The molecular formula is C8H18N4O. The van der Waals surface area contributed by atoms with E-state index in [1.165, 1.54) is 12.8 Å². The van der Waals surface area contributed by atoms with Gasteiger partial charge in [-0.1, -0.05) is 0 Å². The van der Waals surface area contributed by atoms with Gasteiger partial charge in [0.25, 0.3) is 0 Å². The molecule has 0 aromatic heterocycles. The van der Waals surface area contributed by atoms with E-state index in [0.29, 0.717) is 19.2 Å². The zero-order valence-electron chi connectivity index (χ0n) is 8.29. The van der Waals surface area contributed by atoms with Crippen molar-refractivity contribution >= 4 is 5.96 Å². The molecule has 0 aliphatic heterocycles. The summed E-state index contributed by atoms with van der Waals surface area (Å²) in [5.41, 5.74) is 2.60. The van der Waals surface area contributed by atoms with Gasteiger partial charge in [0, 0.05) is 20.2 Å². The average Bonchev–Trinajstić information content (AvgIpc) is 2.94. The van der Waals surface area contributed by atoms with Crippen molar-refractivity contribution in [1.29, 1.82) is 0 Å². The van der Waals surface area contributed by atoms with Gasteiger partial charge in [-0.3, -0.25) is 5.43 Å². The Morgan fingerprint density at radius 3 is 2.85 bits per heavy atom. The summed E-state index contributed by atoms with van der Waals surface area (Å²) in [5, 5.41) is 0. The Hall–Kier alpha value is -0.810. The molecule has 0 amide bonds. The van der Waals surface area contributed by atoms with E-state index in [1.807, 2.05) is 7.05 Å². The lowest BCUT2D eigenvalue weighted by Gasteiger charge is -2.19. The van der Waals surface area contributed by atoms with Gasteiger partial charge in [0.2, 0.25) is 5.96 Å². The summed E-state index contributed by atoms with van der Waals surface area (Å²) in [5.74, 6) is 6.11. The Kier molecular flexibility index (Phi) is 3.98. The molecule has 0 spiro atoms. The number of nitrogens with zero attached hydrogens (tertiary/aromatic N) is 2. The Morgan fingerprint density at radius 2 is 2.38 bits per heavy atom. The first-order valence-corrected chi connectivity index (χ1v) is 4.52. The second-order valence-corrected chi connectivity index (χ2v) is 3.18.